The number of hydrogen-bond donors (Lipinski definition) is 1. The maximum absolute atomic E-state index is 5.44. The number of fused-ring (bicyclic) bond motifs is 1. The average molecular weight is 150 g/mol. The summed E-state index contributed by atoms with van der Waals surface area (Å²) in [5.74, 6) is 0.980. The van der Waals surface area contributed by atoms with Crippen molar-refractivity contribution in [2.24, 2.45) is 0 Å². The molecule has 0 unspecified atom stereocenters. The summed E-state index contributed by atoms with van der Waals surface area (Å²) in [5, 5.41) is 4.20. The Morgan fingerprint density at radius 2 is 2.36 bits per heavy atom. The second-order valence-electron chi connectivity index (χ2n) is 2.20. The molecule has 2 rings (SSSR count). The van der Waals surface area contributed by atoms with E-state index >= 15 is 0 Å². The Labute approximate surface area is 62.2 Å². The van der Waals surface area contributed by atoms with Crippen LogP contribution in [0.1, 0.15) is 5.82 Å². The van der Waals surface area contributed by atoms with Crippen LogP contribution < -0.4 is 5.73 Å². The predicted octanol–water partition coefficient (Wildman–Crippen LogP) is 0.508. The monoisotopic (exact) mass is 150 g/mol. The molecule has 0 aliphatic heterocycles. The van der Waals surface area contributed by atoms with Crippen LogP contribution in [0.2, 0.25) is 0 Å². The smallest absolute Gasteiger partial charge is 0.263 e. The molecule has 2 aromatic heterocycles. The number of nitrogens with zero attached hydrogens (tertiary/aromatic N) is 3. The van der Waals surface area contributed by atoms with Gasteiger partial charge in [0.05, 0.1) is 0 Å². The van der Waals surface area contributed by atoms with E-state index in [4.69, 9.17) is 10.3 Å². The van der Waals surface area contributed by atoms with Gasteiger partial charge in [-0.15, -0.1) is 0 Å². The summed E-state index contributed by atoms with van der Waals surface area (Å²) in [6, 6.07) is 0. The fraction of sp³-hybridized carbons (Fsp3) is 0.167. The van der Waals surface area contributed by atoms with Gasteiger partial charge in [-0.05, 0) is 6.92 Å². The van der Waals surface area contributed by atoms with Gasteiger partial charge in [0.1, 0.15) is 11.2 Å². The zero-order valence-electron chi connectivity index (χ0n) is 5.90. The zero-order valence-corrected chi connectivity index (χ0v) is 5.90. The zero-order chi connectivity index (χ0) is 7.84. The number of nitrogens with two attached hydrogens (primary N) is 1. The molecule has 56 valence electrons. The summed E-state index contributed by atoms with van der Waals surface area (Å²) in [6.45, 7) is 1.78. The van der Waals surface area contributed by atoms with E-state index in [0.29, 0.717) is 22.7 Å². The molecule has 11 heavy (non-hydrogen) atoms. The number of aryl methyl sites for hydroxylation is 1. The first-order chi connectivity index (χ1) is 5.27. The lowest BCUT2D eigenvalue weighted by atomic mass is 10.4. The maximum atomic E-state index is 5.44. The van der Waals surface area contributed by atoms with Crippen molar-refractivity contribution < 1.29 is 4.52 Å². The standard InChI is InChI=1S/C6H6N4O/c1-3-8-2-4-5(7)10-11-6(4)9-3/h2H,1H3,(H2,7,10). The minimum absolute atomic E-state index is 0.333. The molecule has 0 spiro atoms. The highest BCUT2D eigenvalue weighted by Crippen LogP contribution is 2.15. The van der Waals surface area contributed by atoms with E-state index in [1.165, 1.54) is 0 Å². The highest BCUT2D eigenvalue weighted by atomic mass is 16.5. The number of anilines is 1. The minimum Gasteiger partial charge on any atom is -0.380 e. The van der Waals surface area contributed by atoms with E-state index in [1.807, 2.05) is 0 Å². The molecule has 0 amide bonds. The first kappa shape index (κ1) is 6.09. The van der Waals surface area contributed by atoms with Crippen LogP contribution in [-0.2, 0) is 0 Å². The first-order valence-corrected chi connectivity index (χ1v) is 3.12. The van der Waals surface area contributed by atoms with Gasteiger partial charge in [0.2, 0.25) is 0 Å². The van der Waals surface area contributed by atoms with Crippen molar-refractivity contribution in [1.82, 2.24) is 15.1 Å². The van der Waals surface area contributed by atoms with Crippen molar-refractivity contribution in [2.45, 2.75) is 6.92 Å². The van der Waals surface area contributed by atoms with Gasteiger partial charge in [0.15, 0.2) is 5.82 Å². The lowest BCUT2D eigenvalue weighted by molar-refractivity contribution is 0.451. The second-order valence-corrected chi connectivity index (χ2v) is 2.20. The Balaban J connectivity index is 2.86. The molecule has 0 aliphatic carbocycles. The van der Waals surface area contributed by atoms with E-state index in [1.54, 1.807) is 13.1 Å². The molecule has 0 saturated carbocycles. The molecular formula is C6H6N4O. The predicted molar refractivity (Wildman–Crippen MR) is 38.7 cm³/mol. The first-order valence-electron chi connectivity index (χ1n) is 3.12. The molecule has 0 aromatic carbocycles. The number of hydrogen-bond acceptors (Lipinski definition) is 5. The third kappa shape index (κ3) is 0.813. The molecule has 0 atom stereocenters. The van der Waals surface area contributed by atoms with E-state index in [-0.39, 0.29) is 0 Å². The maximum Gasteiger partial charge on any atom is 0.263 e. The van der Waals surface area contributed by atoms with Crippen LogP contribution >= 0.6 is 0 Å². The van der Waals surface area contributed by atoms with Gasteiger partial charge in [0.25, 0.3) is 5.71 Å². The largest absolute Gasteiger partial charge is 0.380 e. The summed E-state index contributed by atoms with van der Waals surface area (Å²) >= 11 is 0. The molecule has 2 aromatic rings. The Kier molecular flexibility index (Phi) is 1.06. The fourth-order valence-corrected chi connectivity index (χ4v) is 0.836. The summed E-state index contributed by atoms with van der Waals surface area (Å²) in [4.78, 5) is 7.93. The van der Waals surface area contributed by atoms with E-state index in [0.717, 1.165) is 0 Å². The van der Waals surface area contributed by atoms with Crippen LogP contribution in [0.5, 0.6) is 0 Å². The van der Waals surface area contributed by atoms with E-state index < -0.39 is 0 Å². The van der Waals surface area contributed by atoms with Gasteiger partial charge in [-0.3, -0.25) is 0 Å². The van der Waals surface area contributed by atoms with Crippen molar-refractivity contribution in [3.63, 3.8) is 0 Å². The lowest BCUT2D eigenvalue weighted by Gasteiger charge is -1.87. The Bertz CT molecular complexity index is 394. The van der Waals surface area contributed by atoms with Gasteiger partial charge in [-0.25, -0.2) is 4.98 Å². The molecule has 0 radical (unpaired) electrons. The number of rotatable bonds is 0. The summed E-state index contributed by atoms with van der Waals surface area (Å²) in [7, 11) is 0. The van der Waals surface area contributed by atoms with Crippen LogP contribution in [0.3, 0.4) is 0 Å². The van der Waals surface area contributed by atoms with Crippen molar-refractivity contribution in [3.05, 3.63) is 12.0 Å². The van der Waals surface area contributed by atoms with Crippen LogP contribution in [0.15, 0.2) is 10.7 Å². The molecule has 2 heterocycles. The topological polar surface area (TPSA) is 77.8 Å². The second kappa shape index (κ2) is 1.91. The van der Waals surface area contributed by atoms with Crippen LogP contribution in [0, 0.1) is 6.92 Å². The molecule has 5 nitrogen and oxygen atoms in total. The summed E-state index contributed by atoms with van der Waals surface area (Å²) in [5.41, 5.74) is 5.88. The molecule has 0 fully saturated rings. The third-order valence-electron chi connectivity index (χ3n) is 1.38. The molecule has 0 bridgehead atoms. The van der Waals surface area contributed by atoms with E-state index in [2.05, 4.69) is 15.1 Å². The summed E-state index contributed by atoms with van der Waals surface area (Å²) < 4.78 is 4.80. The number of nitrogen functional groups attached to an aromatic ring is 1. The Hall–Kier alpha value is -1.65. The lowest BCUT2D eigenvalue weighted by Crippen LogP contribution is -1.87. The van der Waals surface area contributed by atoms with Crippen LogP contribution in [-0.4, -0.2) is 15.1 Å². The van der Waals surface area contributed by atoms with Gasteiger partial charge in [-0.1, -0.05) is 5.16 Å². The Morgan fingerprint density at radius 1 is 1.55 bits per heavy atom. The SMILES string of the molecule is Cc1ncc2c(N)noc2n1. The van der Waals surface area contributed by atoms with Crippen molar-refractivity contribution in [1.29, 1.82) is 0 Å². The van der Waals surface area contributed by atoms with Crippen LogP contribution in [0.25, 0.3) is 11.1 Å². The normalized spacial score (nSPS) is 10.6. The molecule has 2 N–H and O–H groups in total. The number of aromatic nitrogens is 3. The van der Waals surface area contributed by atoms with Gasteiger partial charge < -0.3 is 10.3 Å². The van der Waals surface area contributed by atoms with Crippen molar-refractivity contribution >= 4 is 16.9 Å². The van der Waals surface area contributed by atoms with Crippen molar-refractivity contribution in [2.75, 3.05) is 5.73 Å². The van der Waals surface area contributed by atoms with Crippen LogP contribution in [0.4, 0.5) is 5.82 Å². The molecular weight excluding hydrogens is 144 g/mol. The molecule has 5 heteroatoms. The minimum atomic E-state index is 0.333. The third-order valence-corrected chi connectivity index (χ3v) is 1.38. The highest BCUT2D eigenvalue weighted by molar-refractivity contribution is 5.82. The van der Waals surface area contributed by atoms with Crippen molar-refractivity contribution in [3.8, 4) is 0 Å². The highest BCUT2D eigenvalue weighted by Gasteiger charge is 2.05. The quantitative estimate of drug-likeness (QED) is 0.591. The van der Waals surface area contributed by atoms with Gasteiger partial charge in [0, 0.05) is 6.20 Å². The summed E-state index contributed by atoms with van der Waals surface area (Å²) in [6.07, 6.45) is 1.60. The Morgan fingerprint density at radius 3 is 3.18 bits per heavy atom. The molecule has 0 aliphatic rings. The van der Waals surface area contributed by atoms with Gasteiger partial charge in [-0.2, -0.15) is 4.98 Å². The van der Waals surface area contributed by atoms with Gasteiger partial charge >= 0.3 is 0 Å². The molecule has 0 saturated heterocycles. The fourth-order valence-electron chi connectivity index (χ4n) is 0.836. The average Bonchev–Trinajstić information content (AvgIpc) is 2.32. The van der Waals surface area contributed by atoms with E-state index in [9.17, 15) is 0 Å².